The van der Waals surface area contributed by atoms with Crippen molar-refractivity contribution in [3.63, 3.8) is 0 Å². The number of nitrogens with one attached hydrogen (secondary N) is 2. The monoisotopic (exact) mass is 433 g/mol. The third kappa shape index (κ3) is 6.75. The van der Waals surface area contributed by atoms with Crippen LogP contribution < -0.4 is 10.7 Å². The van der Waals surface area contributed by atoms with Crippen molar-refractivity contribution in [2.24, 2.45) is 5.10 Å². The van der Waals surface area contributed by atoms with Crippen molar-refractivity contribution in [2.45, 2.75) is 25.9 Å². The molecule has 2 amide bonds. The Labute approximate surface area is 185 Å². The molecule has 0 radical (unpaired) electrons. The summed E-state index contributed by atoms with van der Waals surface area (Å²) in [6.07, 6.45) is 0. The number of hydrazone groups is 1. The lowest BCUT2D eigenvalue weighted by Crippen LogP contribution is -2.21. The van der Waals surface area contributed by atoms with Crippen LogP contribution in [-0.2, 0) is 4.79 Å². The van der Waals surface area contributed by atoms with Crippen molar-refractivity contribution in [3.8, 4) is 0 Å². The molecule has 0 aliphatic heterocycles. The van der Waals surface area contributed by atoms with E-state index in [2.05, 4.69) is 25.8 Å². The molecular weight excluding hydrogens is 410 g/mol. The van der Waals surface area contributed by atoms with Gasteiger partial charge in [-0.1, -0.05) is 42.1 Å². The summed E-state index contributed by atoms with van der Waals surface area (Å²) in [5, 5.41) is 7.60. The zero-order valence-corrected chi connectivity index (χ0v) is 18.4. The fraction of sp³-hybridized carbons (Fsp3) is 0.174. The van der Waals surface area contributed by atoms with Gasteiger partial charge in [-0.3, -0.25) is 9.59 Å². The normalized spacial score (nSPS) is 11.1. The highest BCUT2D eigenvalue weighted by molar-refractivity contribution is 7.99. The molecule has 0 saturated heterocycles. The van der Waals surface area contributed by atoms with E-state index in [0.29, 0.717) is 22.1 Å². The number of rotatable bonds is 7. The molecular formula is C23H23N5O2S. The molecule has 1 heterocycles. The van der Waals surface area contributed by atoms with E-state index in [-0.39, 0.29) is 17.6 Å². The molecule has 3 aromatic rings. The van der Waals surface area contributed by atoms with Gasteiger partial charge in [0.1, 0.15) is 0 Å². The first kappa shape index (κ1) is 22.2. The number of benzene rings is 2. The van der Waals surface area contributed by atoms with E-state index in [1.54, 1.807) is 25.1 Å². The van der Waals surface area contributed by atoms with Gasteiger partial charge < -0.3 is 5.32 Å². The van der Waals surface area contributed by atoms with Gasteiger partial charge in [-0.25, -0.2) is 15.4 Å². The summed E-state index contributed by atoms with van der Waals surface area (Å²) in [6.45, 7) is 5.57. The van der Waals surface area contributed by atoms with Gasteiger partial charge in [0.25, 0.3) is 11.8 Å². The molecule has 0 bridgehead atoms. The molecule has 0 atom stereocenters. The Morgan fingerprint density at radius 2 is 1.61 bits per heavy atom. The number of amides is 2. The van der Waals surface area contributed by atoms with Gasteiger partial charge >= 0.3 is 0 Å². The Morgan fingerprint density at radius 1 is 0.935 bits per heavy atom. The molecule has 2 aromatic carbocycles. The van der Waals surface area contributed by atoms with Crippen molar-refractivity contribution in [1.29, 1.82) is 0 Å². The van der Waals surface area contributed by atoms with Crippen molar-refractivity contribution >= 4 is 35.0 Å². The van der Waals surface area contributed by atoms with Gasteiger partial charge in [-0.15, -0.1) is 0 Å². The molecule has 2 N–H and O–H groups in total. The first-order valence-electron chi connectivity index (χ1n) is 9.66. The summed E-state index contributed by atoms with van der Waals surface area (Å²) in [5.41, 5.74) is 6.92. The zero-order valence-electron chi connectivity index (χ0n) is 17.5. The maximum Gasteiger partial charge on any atom is 0.255 e. The Balaban J connectivity index is 1.57. The summed E-state index contributed by atoms with van der Waals surface area (Å²) in [7, 11) is 0. The van der Waals surface area contributed by atoms with Gasteiger partial charge in [0.05, 0.1) is 11.5 Å². The van der Waals surface area contributed by atoms with Gasteiger partial charge in [0, 0.05) is 22.6 Å². The molecule has 0 spiro atoms. The molecule has 0 aliphatic carbocycles. The van der Waals surface area contributed by atoms with Crippen LogP contribution >= 0.6 is 11.8 Å². The predicted molar refractivity (Wildman–Crippen MR) is 123 cm³/mol. The van der Waals surface area contributed by atoms with Crippen LogP contribution in [0.4, 0.5) is 5.69 Å². The molecule has 1 aromatic heterocycles. The van der Waals surface area contributed by atoms with E-state index >= 15 is 0 Å². The van der Waals surface area contributed by atoms with Crippen LogP contribution in [0.15, 0.2) is 70.9 Å². The Kier molecular flexibility index (Phi) is 7.50. The smallest absolute Gasteiger partial charge is 0.255 e. The van der Waals surface area contributed by atoms with Crippen molar-refractivity contribution in [2.75, 3.05) is 11.1 Å². The molecule has 0 unspecified atom stereocenters. The van der Waals surface area contributed by atoms with Gasteiger partial charge in [0.2, 0.25) is 0 Å². The first-order chi connectivity index (χ1) is 14.9. The minimum atomic E-state index is -0.249. The Morgan fingerprint density at radius 3 is 2.32 bits per heavy atom. The van der Waals surface area contributed by atoms with Crippen LogP contribution in [0.5, 0.6) is 0 Å². The van der Waals surface area contributed by atoms with E-state index in [4.69, 9.17) is 0 Å². The predicted octanol–water partition coefficient (Wildman–Crippen LogP) is 3.98. The summed E-state index contributed by atoms with van der Waals surface area (Å²) in [6, 6.07) is 18.2. The highest BCUT2D eigenvalue weighted by Gasteiger charge is 2.08. The summed E-state index contributed by atoms with van der Waals surface area (Å²) in [5.74, 6) is -0.278. The lowest BCUT2D eigenvalue weighted by atomic mass is 10.1. The quantitative estimate of drug-likeness (QED) is 0.254. The second-order valence-electron chi connectivity index (χ2n) is 6.86. The fourth-order valence-electron chi connectivity index (χ4n) is 2.75. The molecule has 8 heteroatoms. The number of hydrogen-bond acceptors (Lipinski definition) is 6. The van der Waals surface area contributed by atoms with Crippen molar-refractivity contribution in [1.82, 2.24) is 15.4 Å². The lowest BCUT2D eigenvalue weighted by Gasteiger charge is -2.08. The third-order valence-electron chi connectivity index (χ3n) is 4.22. The minimum Gasteiger partial charge on any atom is -0.322 e. The molecule has 0 aliphatic rings. The number of hydrogen-bond donors (Lipinski definition) is 2. The van der Waals surface area contributed by atoms with E-state index in [9.17, 15) is 9.59 Å². The number of aromatic nitrogens is 2. The van der Waals surface area contributed by atoms with Gasteiger partial charge in [0.15, 0.2) is 5.16 Å². The molecule has 0 saturated carbocycles. The zero-order chi connectivity index (χ0) is 22.2. The SMILES string of the molecule is C/C(=N/NC(=O)CSc1nc(C)cc(C)n1)c1cccc(NC(=O)c2ccccc2)c1. The number of nitrogens with zero attached hydrogens (tertiary/aromatic N) is 3. The molecule has 0 fully saturated rings. The maximum absolute atomic E-state index is 12.3. The van der Waals surface area contributed by atoms with Crippen LogP contribution in [0.2, 0.25) is 0 Å². The van der Waals surface area contributed by atoms with E-state index in [1.165, 1.54) is 11.8 Å². The number of carbonyl (C=O) groups excluding carboxylic acids is 2. The Bertz CT molecular complexity index is 1100. The maximum atomic E-state index is 12.3. The Hall–Kier alpha value is -3.52. The number of aryl methyl sites for hydroxylation is 2. The average molecular weight is 434 g/mol. The summed E-state index contributed by atoms with van der Waals surface area (Å²) >= 11 is 1.26. The second kappa shape index (κ2) is 10.5. The van der Waals surface area contributed by atoms with Crippen LogP contribution in [-0.4, -0.2) is 33.2 Å². The molecule has 158 valence electrons. The standard InChI is InChI=1S/C23H23N5O2S/c1-15-12-16(2)25-23(24-15)31-14-21(29)28-27-17(3)19-10-7-11-20(13-19)26-22(30)18-8-5-4-6-9-18/h4-13H,14H2,1-3H3,(H,26,30)(H,28,29)/b27-17-. The van der Waals surface area contributed by atoms with Crippen LogP contribution in [0, 0.1) is 13.8 Å². The van der Waals surface area contributed by atoms with E-state index in [1.807, 2.05) is 56.3 Å². The van der Waals surface area contributed by atoms with E-state index in [0.717, 1.165) is 17.0 Å². The first-order valence-corrected chi connectivity index (χ1v) is 10.6. The van der Waals surface area contributed by atoms with Crippen molar-refractivity contribution in [3.05, 3.63) is 83.2 Å². The molecule has 31 heavy (non-hydrogen) atoms. The molecule has 7 nitrogen and oxygen atoms in total. The number of carbonyl (C=O) groups is 2. The van der Waals surface area contributed by atoms with Crippen LogP contribution in [0.1, 0.15) is 34.2 Å². The number of anilines is 1. The topological polar surface area (TPSA) is 96.3 Å². The highest BCUT2D eigenvalue weighted by atomic mass is 32.2. The second-order valence-corrected chi connectivity index (χ2v) is 7.80. The largest absolute Gasteiger partial charge is 0.322 e. The van der Waals surface area contributed by atoms with Crippen molar-refractivity contribution < 1.29 is 9.59 Å². The average Bonchev–Trinajstić information content (AvgIpc) is 2.76. The van der Waals surface area contributed by atoms with E-state index < -0.39 is 0 Å². The summed E-state index contributed by atoms with van der Waals surface area (Å²) < 4.78 is 0. The fourth-order valence-corrected chi connectivity index (χ4v) is 3.49. The third-order valence-corrected chi connectivity index (χ3v) is 5.06. The van der Waals surface area contributed by atoms with Gasteiger partial charge in [-0.05, 0) is 56.7 Å². The summed E-state index contributed by atoms with van der Waals surface area (Å²) in [4.78, 5) is 33.1. The minimum absolute atomic E-state index is 0.160. The highest BCUT2D eigenvalue weighted by Crippen LogP contribution is 2.15. The molecule has 3 rings (SSSR count). The lowest BCUT2D eigenvalue weighted by molar-refractivity contribution is -0.118. The van der Waals surface area contributed by atoms with Crippen LogP contribution in [0.3, 0.4) is 0 Å². The van der Waals surface area contributed by atoms with Gasteiger partial charge in [-0.2, -0.15) is 5.10 Å². The number of thioether (sulfide) groups is 1. The van der Waals surface area contributed by atoms with Crippen LogP contribution in [0.25, 0.3) is 0 Å².